The van der Waals surface area contributed by atoms with Crippen molar-refractivity contribution >= 4 is 28.0 Å². The third kappa shape index (κ3) is 3.82. The Balaban J connectivity index is 3.02. The van der Waals surface area contributed by atoms with Gasteiger partial charge in [0.25, 0.3) is 0 Å². The zero-order valence-electron chi connectivity index (χ0n) is 10.4. The lowest BCUT2D eigenvalue weighted by Gasteiger charge is -2.25. The molecule has 0 saturated heterocycles. The second-order valence-corrected chi connectivity index (χ2v) is 4.59. The van der Waals surface area contributed by atoms with Gasteiger partial charge in [0, 0.05) is 17.1 Å². The largest absolute Gasteiger partial charge is 0.479 e. The van der Waals surface area contributed by atoms with Crippen LogP contribution in [0.25, 0.3) is 0 Å². The predicted octanol–water partition coefficient (Wildman–Crippen LogP) is 2.83. The van der Waals surface area contributed by atoms with Gasteiger partial charge in [0.15, 0.2) is 6.04 Å². The molecule has 1 N–H and O–H groups in total. The first kappa shape index (κ1) is 15.2. The number of carboxylic acids is 1. The normalized spacial score (nSPS) is 11.5. The summed E-state index contributed by atoms with van der Waals surface area (Å²) in [7, 11) is 1.38. The Morgan fingerprint density at radius 1 is 1.53 bits per heavy atom. The maximum absolute atomic E-state index is 11.7. The Bertz CT molecular complexity index is 489. The van der Waals surface area contributed by atoms with Crippen LogP contribution >= 0.6 is 15.9 Å². The maximum atomic E-state index is 11.7. The van der Waals surface area contributed by atoms with Gasteiger partial charge in [-0.05, 0) is 6.07 Å². The van der Waals surface area contributed by atoms with Gasteiger partial charge in [-0.2, -0.15) is 0 Å². The van der Waals surface area contributed by atoms with Crippen LogP contribution in [0, 0.1) is 0 Å². The number of carbonyl (C=O) groups excluding carboxylic acids is 1. The SMILES string of the molecule is C=CCOC(=O)N(C)C(C(=O)O)c1ccccc1Br. The van der Waals surface area contributed by atoms with E-state index in [4.69, 9.17) is 4.74 Å². The van der Waals surface area contributed by atoms with Crippen LogP contribution in [-0.4, -0.2) is 35.7 Å². The molecule has 0 radical (unpaired) electrons. The lowest BCUT2D eigenvalue weighted by Crippen LogP contribution is -2.36. The Morgan fingerprint density at radius 2 is 2.16 bits per heavy atom. The summed E-state index contributed by atoms with van der Waals surface area (Å²) < 4.78 is 5.45. The standard InChI is InChI=1S/C13H14BrNO4/c1-3-8-19-13(18)15(2)11(12(16)17)9-6-4-5-7-10(9)14/h3-7,11H,1,8H2,2H3,(H,16,17). The molecule has 0 saturated carbocycles. The molecule has 0 fully saturated rings. The first-order chi connectivity index (χ1) is 8.99. The number of carbonyl (C=O) groups is 2. The summed E-state index contributed by atoms with van der Waals surface area (Å²) in [6, 6.07) is 5.71. The van der Waals surface area contributed by atoms with Crippen molar-refractivity contribution < 1.29 is 19.4 Å². The van der Waals surface area contributed by atoms with Crippen LogP contribution in [0.5, 0.6) is 0 Å². The minimum absolute atomic E-state index is 0.0332. The van der Waals surface area contributed by atoms with Gasteiger partial charge >= 0.3 is 12.1 Å². The topological polar surface area (TPSA) is 66.8 Å². The highest BCUT2D eigenvalue weighted by atomic mass is 79.9. The van der Waals surface area contributed by atoms with Crippen molar-refractivity contribution in [1.82, 2.24) is 4.90 Å². The molecule has 1 atom stereocenters. The smallest absolute Gasteiger partial charge is 0.410 e. The monoisotopic (exact) mass is 327 g/mol. The van der Waals surface area contributed by atoms with E-state index >= 15 is 0 Å². The van der Waals surface area contributed by atoms with Crippen molar-refractivity contribution in [2.75, 3.05) is 13.7 Å². The highest BCUT2D eigenvalue weighted by Gasteiger charge is 2.30. The first-order valence-corrected chi connectivity index (χ1v) is 6.26. The highest BCUT2D eigenvalue weighted by Crippen LogP contribution is 2.27. The van der Waals surface area contributed by atoms with Crippen molar-refractivity contribution in [2.24, 2.45) is 0 Å². The summed E-state index contributed by atoms with van der Waals surface area (Å²) in [6.07, 6.45) is 0.697. The van der Waals surface area contributed by atoms with E-state index in [0.717, 1.165) is 4.90 Å². The van der Waals surface area contributed by atoms with E-state index in [2.05, 4.69) is 22.5 Å². The van der Waals surface area contributed by atoms with E-state index in [9.17, 15) is 14.7 Å². The molecule has 1 aromatic rings. The quantitative estimate of drug-likeness (QED) is 0.844. The van der Waals surface area contributed by atoms with Gasteiger partial charge in [-0.3, -0.25) is 4.90 Å². The fourth-order valence-corrected chi connectivity index (χ4v) is 2.04. The Kier molecular flexibility index (Phi) is 5.57. The number of nitrogens with zero attached hydrogens (tertiary/aromatic N) is 1. The van der Waals surface area contributed by atoms with Gasteiger partial charge in [-0.15, -0.1) is 0 Å². The highest BCUT2D eigenvalue weighted by molar-refractivity contribution is 9.10. The number of likely N-dealkylation sites (N-methyl/N-ethyl adjacent to an activating group) is 1. The van der Waals surface area contributed by atoms with E-state index in [-0.39, 0.29) is 6.61 Å². The zero-order valence-corrected chi connectivity index (χ0v) is 12.0. The summed E-state index contributed by atoms with van der Waals surface area (Å²) in [6.45, 7) is 3.46. The number of rotatable bonds is 5. The summed E-state index contributed by atoms with van der Waals surface area (Å²) in [5, 5.41) is 9.31. The lowest BCUT2D eigenvalue weighted by atomic mass is 10.1. The van der Waals surface area contributed by atoms with Crippen LogP contribution in [-0.2, 0) is 9.53 Å². The summed E-state index contributed by atoms with van der Waals surface area (Å²) in [4.78, 5) is 24.1. The van der Waals surface area contributed by atoms with Crippen molar-refractivity contribution in [1.29, 1.82) is 0 Å². The minimum atomic E-state index is -1.13. The predicted molar refractivity (Wildman–Crippen MR) is 73.8 cm³/mol. The van der Waals surface area contributed by atoms with E-state index in [1.807, 2.05) is 0 Å². The van der Waals surface area contributed by atoms with E-state index in [1.165, 1.54) is 13.1 Å². The van der Waals surface area contributed by atoms with Crippen molar-refractivity contribution in [3.05, 3.63) is 47.0 Å². The number of halogens is 1. The van der Waals surface area contributed by atoms with Gasteiger partial charge in [0.05, 0.1) is 0 Å². The molecular weight excluding hydrogens is 314 g/mol. The van der Waals surface area contributed by atoms with Gasteiger partial charge in [0.1, 0.15) is 6.61 Å². The summed E-state index contributed by atoms with van der Waals surface area (Å²) in [5.41, 5.74) is 0.480. The maximum Gasteiger partial charge on any atom is 0.410 e. The van der Waals surface area contributed by atoms with Crippen LogP contribution < -0.4 is 0 Å². The van der Waals surface area contributed by atoms with Gasteiger partial charge in [0.2, 0.25) is 0 Å². The molecule has 5 nitrogen and oxygen atoms in total. The van der Waals surface area contributed by atoms with Gasteiger partial charge in [-0.1, -0.05) is 46.8 Å². The van der Waals surface area contributed by atoms with Crippen LogP contribution in [0.3, 0.4) is 0 Å². The molecule has 0 bridgehead atoms. The minimum Gasteiger partial charge on any atom is -0.479 e. The average molecular weight is 328 g/mol. The third-order valence-corrected chi connectivity index (χ3v) is 3.16. The van der Waals surface area contributed by atoms with Crippen molar-refractivity contribution in [2.45, 2.75) is 6.04 Å². The van der Waals surface area contributed by atoms with Crippen molar-refractivity contribution in [3.8, 4) is 0 Å². The Labute approximate surface area is 119 Å². The number of amides is 1. The second kappa shape index (κ2) is 6.94. The fourth-order valence-electron chi connectivity index (χ4n) is 1.54. The molecule has 0 aromatic heterocycles. The van der Waals surface area contributed by atoms with Crippen LogP contribution in [0.2, 0.25) is 0 Å². The Morgan fingerprint density at radius 3 is 2.68 bits per heavy atom. The number of ether oxygens (including phenoxy) is 1. The fraction of sp³-hybridized carbons (Fsp3) is 0.231. The van der Waals surface area contributed by atoms with Gasteiger partial charge < -0.3 is 9.84 Å². The third-order valence-electron chi connectivity index (χ3n) is 2.43. The molecule has 1 amide bonds. The number of aliphatic carboxylic acids is 1. The van der Waals surface area contributed by atoms with E-state index in [0.29, 0.717) is 10.0 Å². The molecule has 0 spiro atoms. The first-order valence-electron chi connectivity index (χ1n) is 5.46. The van der Waals surface area contributed by atoms with Gasteiger partial charge in [-0.25, -0.2) is 9.59 Å². The summed E-state index contributed by atoms with van der Waals surface area (Å²) in [5.74, 6) is -1.13. The molecule has 0 heterocycles. The molecule has 6 heteroatoms. The number of hydrogen-bond donors (Lipinski definition) is 1. The molecule has 0 aliphatic heterocycles. The van der Waals surface area contributed by atoms with Crippen LogP contribution in [0.1, 0.15) is 11.6 Å². The summed E-state index contributed by atoms with van der Waals surface area (Å²) >= 11 is 3.28. The van der Waals surface area contributed by atoms with E-state index < -0.39 is 18.1 Å². The lowest BCUT2D eigenvalue weighted by molar-refractivity contribution is -0.142. The Hall–Kier alpha value is -1.82. The molecule has 1 aromatic carbocycles. The van der Waals surface area contributed by atoms with Crippen LogP contribution in [0.15, 0.2) is 41.4 Å². The second-order valence-electron chi connectivity index (χ2n) is 3.74. The molecule has 102 valence electrons. The van der Waals surface area contributed by atoms with E-state index in [1.54, 1.807) is 24.3 Å². The molecular formula is C13H14BrNO4. The molecule has 1 unspecified atom stereocenters. The average Bonchev–Trinajstić information content (AvgIpc) is 2.38. The number of carboxylic acid groups (broad SMARTS) is 1. The number of hydrogen-bond acceptors (Lipinski definition) is 3. The molecule has 19 heavy (non-hydrogen) atoms. The molecule has 1 rings (SSSR count). The van der Waals surface area contributed by atoms with Crippen molar-refractivity contribution in [3.63, 3.8) is 0 Å². The molecule has 0 aliphatic rings. The van der Waals surface area contributed by atoms with Crippen LogP contribution in [0.4, 0.5) is 4.79 Å². The number of benzene rings is 1. The molecule has 0 aliphatic carbocycles. The zero-order chi connectivity index (χ0) is 14.4.